The molecule has 0 unspecified atom stereocenters. The van der Waals surface area contributed by atoms with E-state index < -0.39 is 6.16 Å². The molecule has 3 nitrogen and oxygen atoms in total. The standard InChI is InChI=1S/C16H24O3/c1-7-16(5,6)11-9-8-10-12(19-14(17)18)13(11)15(2,3)4/h8-10H,7H2,1-6H3,(H,17,18). The van der Waals surface area contributed by atoms with Crippen molar-refractivity contribution in [3.8, 4) is 5.75 Å². The molecule has 0 fully saturated rings. The number of carboxylic acid groups (broad SMARTS) is 1. The van der Waals surface area contributed by atoms with E-state index in [9.17, 15) is 4.79 Å². The Morgan fingerprint density at radius 3 is 2.21 bits per heavy atom. The first kappa shape index (κ1) is 15.5. The van der Waals surface area contributed by atoms with Gasteiger partial charge in [0.05, 0.1) is 0 Å². The number of ether oxygens (including phenoxy) is 1. The topological polar surface area (TPSA) is 46.5 Å². The van der Waals surface area contributed by atoms with Crippen molar-refractivity contribution in [2.45, 2.75) is 58.8 Å². The average Bonchev–Trinajstić information content (AvgIpc) is 2.26. The lowest BCUT2D eigenvalue weighted by molar-refractivity contribution is 0.143. The van der Waals surface area contributed by atoms with E-state index in [2.05, 4.69) is 47.6 Å². The van der Waals surface area contributed by atoms with E-state index in [4.69, 9.17) is 9.84 Å². The Morgan fingerprint density at radius 1 is 1.21 bits per heavy atom. The molecule has 0 aliphatic rings. The van der Waals surface area contributed by atoms with E-state index in [1.807, 2.05) is 6.07 Å². The van der Waals surface area contributed by atoms with Gasteiger partial charge in [0, 0.05) is 5.56 Å². The van der Waals surface area contributed by atoms with Gasteiger partial charge in [-0.25, -0.2) is 4.79 Å². The molecule has 0 saturated heterocycles. The summed E-state index contributed by atoms with van der Waals surface area (Å²) in [7, 11) is 0. The Kier molecular flexibility index (Phi) is 4.28. The molecule has 0 spiro atoms. The molecule has 0 amide bonds. The fourth-order valence-electron chi connectivity index (χ4n) is 2.24. The van der Waals surface area contributed by atoms with Gasteiger partial charge in [0.1, 0.15) is 5.75 Å². The predicted molar refractivity (Wildman–Crippen MR) is 77.1 cm³/mol. The molecule has 1 N–H and O–H groups in total. The second-order valence-corrected chi connectivity index (χ2v) is 6.53. The number of hydrogen-bond acceptors (Lipinski definition) is 2. The third-order valence-electron chi connectivity index (χ3n) is 3.59. The van der Waals surface area contributed by atoms with Crippen LogP contribution in [0.1, 0.15) is 59.1 Å². The summed E-state index contributed by atoms with van der Waals surface area (Å²) in [5.74, 6) is 0.444. The highest BCUT2D eigenvalue weighted by atomic mass is 16.7. The Bertz CT molecular complexity index is 467. The highest BCUT2D eigenvalue weighted by Crippen LogP contribution is 2.41. The SMILES string of the molecule is CCC(C)(C)c1cccc(OC(=O)O)c1C(C)(C)C. The van der Waals surface area contributed by atoms with Crippen molar-refractivity contribution >= 4 is 6.16 Å². The molecular formula is C16H24O3. The van der Waals surface area contributed by atoms with Gasteiger partial charge in [0.15, 0.2) is 0 Å². The molecule has 106 valence electrons. The van der Waals surface area contributed by atoms with Gasteiger partial charge in [-0.15, -0.1) is 0 Å². The van der Waals surface area contributed by atoms with Gasteiger partial charge >= 0.3 is 6.16 Å². The van der Waals surface area contributed by atoms with E-state index >= 15 is 0 Å². The summed E-state index contributed by atoms with van der Waals surface area (Å²) in [4.78, 5) is 10.9. The first-order chi connectivity index (χ1) is 8.59. The summed E-state index contributed by atoms with van der Waals surface area (Å²) in [6, 6.07) is 5.66. The van der Waals surface area contributed by atoms with Gasteiger partial charge in [0.2, 0.25) is 0 Å². The molecule has 19 heavy (non-hydrogen) atoms. The van der Waals surface area contributed by atoms with Gasteiger partial charge in [-0.3, -0.25) is 0 Å². The molecule has 0 bridgehead atoms. The van der Waals surface area contributed by atoms with Gasteiger partial charge in [-0.1, -0.05) is 53.7 Å². The van der Waals surface area contributed by atoms with Gasteiger partial charge < -0.3 is 9.84 Å². The van der Waals surface area contributed by atoms with Crippen LogP contribution in [0.2, 0.25) is 0 Å². The molecule has 1 rings (SSSR count). The van der Waals surface area contributed by atoms with E-state index in [1.54, 1.807) is 6.07 Å². The maximum atomic E-state index is 10.9. The Hall–Kier alpha value is -1.51. The number of carbonyl (C=O) groups is 1. The number of benzene rings is 1. The molecule has 0 aliphatic carbocycles. The van der Waals surface area contributed by atoms with Crippen molar-refractivity contribution in [2.75, 3.05) is 0 Å². The van der Waals surface area contributed by atoms with Crippen LogP contribution in [0.5, 0.6) is 5.75 Å². The first-order valence-electron chi connectivity index (χ1n) is 6.64. The Morgan fingerprint density at radius 2 is 1.79 bits per heavy atom. The molecule has 0 aliphatic heterocycles. The first-order valence-corrected chi connectivity index (χ1v) is 6.64. The molecule has 1 aromatic rings. The molecule has 0 atom stereocenters. The van der Waals surface area contributed by atoms with Crippen LogP contribution in [0.15, 0.2) is 18.2 Å². The zero-order valence-corrected chi connectivity index (χ0v) is 12.7. The van der Waals surface area contributed by atoms with E-state index in [0.29, 0.717) is 5.75 Å². The van der Waals surface area contributed by atoms with Crippen molar-refractivity contribution in [1.29, 1.82) is 0 Å². The highest BCUT2D eigenvalue weighted by molar-refractivity contribution is 5.63. The maximum absolute atomic E-state index is 10.9. The third-order valence-corrected chi connectivity index (χ3v) is 3.59. The van der Waals surface area contributed by atoms with Crippen molar-refractivity contribution in [3.05, 3.63) is 29.3 Å². The predicted octanol–water partition coefficient (Wildman–Crippen LogP) is 4.73. The zero-order valence-electron chi connectivity index (χ0n) is 12.7. The van der Waals surface area contributed by atoms with Gasteiger partial charge in [-0.2, -0.15) is 0 Å². The van der Waals surface area contributed by atoms with Crippen LogP contribution in [0.3, 0.4) is 0 Å². The Balaban J connectivity index is 3.52. The van der Waals surface area contributed by atoms with E-state index in [1.165, 1.54) is 0 Å². The second-order valence-electron chi connectivity index (χ2n) is 6.53. The highest BCUT2D eigenvalue weighted by Gasteiger charge is 2.30. The van der Waals surface area contributed by atoms with Crippen LogP contribution in [-0.2, 0) is 10.8 Å². The molecule has 0 heterocycles. The lowest BCUT2D eigenvalue weighted by atomic mass is 9.73. The summed E-state index contributed by atoms with van der Waals surface area (Å²) >= 11 is 0. The minimum atomic E-state index is -1.27. The third kappa shape index (κ3) is 3.49. The minimum Gasteiger partial charge on any atom is -0.449 e. The molecule has 1 aromatic carbocycles. The molecule has 0 saturated carbocycles. The van der Waals surface area contributed by atoms with Crippen LogP contribution in [0.25, 0.3) is 0 Å². The normalized spacial score (nSPS) is 12.3. The monoisotopic (exact) mass is 264 g/mol. The number of rotatable bonds is 3. The van der Waals surface area contributed by atoms with Crippen molar-refractivity contribution in [3.63, 3.8) is 0 Å². The van der Waals surface area contributed by atoms with E-state index in [0.717, 1.165) is 17.5 Å². The largest absolute Gasteiger partial charge is 0.511 e. The molecule has 0 aromatic heterocycles. The summed E-state index contributed by atoms with van der Waals surface area (Å²) in [6.45, 7) is 12.7. The maximum Gasteiger partial charge on any atom is 0.511 e. The van der Waals surface area contributed by atoms with E-state index in [-0.39, 0.29) is 10.8 Å². The van der Waals surface area contributed by atoms with Gasteiger partial charge in [0.25, 0.3) is 0 Å². The molecule has 3 heteroatoms. The quantitative estimate of drug-likeness (QED) is 0.634. The fourth-order valence-corrected chi connectivity index (χ4v) is 2.24. The van der Waals surface area contributed by atoms with Crippen LogP contribution in [0.4, 0.5) is 4.79 Å². The van der Waals surface area contributed by atoms with Gasteiger partial charge in [-0.05, 0) is 28.9 Å². The van der Waals surface area contributed by atoms with Crippen molar-refractivity contribution in [1.82, 2.24) is 0 Å². The van der Waals surface area contributed by atoms with Crippen molar-refractivity contribution in [2.24, 2.45) is 0 Å². The summed E-state index contributed by atoms with van der Waals surface area (Å²) in [6.07, 6.45) is -0.288. The summed E-state index contributed by atoms with van der Waals surface area (Å²) < 4.78 is 4.97. The smallest absolute Gasteiger partial charge is 0.449 e. The number of hydrogen-bond donors (Lipinski definition) is 1. The Labute approximate surface area is 115 Å². The summed E-state index contributed by atoms with van der Waals surface area (Å²) in [5, 5.41) is 8.89. The zero-order chi connectivity index (χ0) is 14.8. The fraction of sp³-hybridized carbons (Fsp3) is 0.562. The second kappa shape index (κ2) is 5.24. The van der Waals surface area contributed by atoms with Crippen LogP contribution < -0.4 is 4.74 Å². The average molecular weight is 264 g/mol. The lowest BCUT2D eigenvalue weighted by Crippen LogP contribution is -2.25. The van der Waals surface area contributed by atoms with Crippen LogP contribution in [-0.4, -0.2) is 11.3 Å². The van der Waals surface area contributed by atoms with Crippen molar-refractivity contribution < 1.29 is 14.6 Å². The van der Waals surface area contributed by atoms with Crippen LogP contribution >= 0.6 is 0 Å². The molecule has 0 radical (unpaired) electrons. The summed E-state index contributed by atoms with van der Waals surface area (Å²) in [5.41, 5.74) is 1.94. The lowest BCUT2D eigenvalue weighted by Gasteiger charge is -2.33. The molecular weight excluding hydrogens is 240 g/mol. The minimum absolute atomic E-state index is 0.0134. The van der Waals surface area contributed by atoms with Crippen LogP contribution in [0, 0.1) is 0 Å².